The summed E-state index contributed by atoms with van der Waals surface area (Å²) in [5.41, 5.74) is 4.30. The van der Waals surface area contributed by atoms with Crippen LogP contribution in [0.5, 0.6) is 0 Å². The number of aromatic nitrogens is 2. The number of rotatable bonds is 9. The molecule has 1 aromatic heterocycles. The Morgan fingerprint density at radius 3 is 2.70 bits per heavy atom. The van der Waals surface area contributed by atoms with Crippen LogP contribution in [0.15, 0.2) is 46.9 Å². The average Bonchev–Trinajstić information content (AvgIpc) is 3.18. The van der Waals surface area contributed by atoms with E-state index in [1.807, 2.05) is 24.8 Å². The van der Waals surface area contributed by atoms with E-state index in [0.29, 0.717) is 18.4 Å². The summed E-state index contributed by atoms with van der Waals surface area (Å²) in [7, 11) is 1.80. The highest BCUT2D eigenvalue weighted by Gasteiger charge is 2.33. The van der Waals surface area contributed by atoms with Crippen LogP contribution < -0.4 is 0 Å². The predicted octanol–water partition coefficient (Wildman–Crippen LogP) is 3.36. The molecule has 1 heterocycles. The molecule has 0 fully saturated rings. The van der Waals surface area contributed by atoms with Gasteiger partial charge in [-0.2, -0.15) is 10.2 Å². The van der Waals surface area contributed by atoms with Crippen molar-refractivity contribution in [3.05, 3.63) is 53.0 Å². The smallest absolute Gasteiger partial charge is 0.250 e. The fraction of sp³-hybridized carbons (Fsp3) is 0.478. The van der Waals surface area contributed by atoms with Gasteiger partial charge in [0.1, 0.15) is 0 Å². The molecule has 0 aromatic carbocycles. The Morgan fingerprint density at radius 1 is 1.43 bits per heavy atom. The van der Waals surface area contributed by atoms with Gasteiger partial charge >= 0.3 is 0 Å². The van der Waals surface area contributed by atoms with Crippen molar-refractivity contribution in [2.24, 2.45) is 5.10 Å². The van der Waals surface area contributed by atoms with Crippen LogP contribution in [0.25, 0.3) is 0 Å². The quantitative estimate of drug-likeness (QED) is 0.205. The topological polar surface area (TPSA) is 70.8 Å². The number of hydrogen-bond acceptors (Lipinski definition) is 5. The van der Waals surface area contributed by atoms with Gasteiger partial charge in [0.25, 0.3) is 0 Å². The lowest BCUT2D eigenvalue weighted by atomic mass is 9.90. The summed E-state index contributed by atoms with van der Waals surface area (Å²) in [6, 6.07) is 0.157. The van der Waals surface area contributed by atoms with Crippen LogP contribution in [0.3, 0.4) is 0 Å². The lowest BCUT2D eigenvalue weighted by Gasteiger charge is -2.39. The molecule has 1 aromatic rings. The highest BCUT2D eigenvalue weighted by atomic mass is 16.2. The molecule has 1 aliphatic carbocycles. The van der Waals surface area contributed by atoms with E-state index in [9.17, 15) is 9.59 Å². The zero-order chi connectivity index (χ0) is 22.4. The van der Waals surface area contributed by atoms with Crippen molar-refractivity contribution in [2.45, 2.75) is 65.5 Å². The van der Waals surface area contributed by atoms with E-state index < -0.39 is 0 Å². The number of carbonyl (C=O) groups excluding carboxylic acids is 2. The molecule has 0 N–H and O–H groups in total. The molecule has 162 valence electrons. The maximum atomic E-state index is 13.7. The minimum Gasteiger partial charge on any atom is -0.333 e. The Hall–Kier alpha value is -2.96. The molecule has 30 heavy (non-hydrogen) atoms. The molecule has 2 unspecified atom stereocenters. The third kappa shape index (κ3) is 4.78. The number of allylic oxidation sites excluding steroid dienone is 3. The second-order valence-electron chi connectivity index (χ2n) is 7.76. The predicted molar refractivity (Wildman–Crippen MR) is 121 cm³/mol. The van der Waals surface area contributed by atoms with Crippen molar-refractivity contribution in [1.82, 2.24) is 19.7 Å². The van der Waals surface area contributed by atoms with E-state index in [0.717, 1.165) is 41.8 Å². The lowest BCUT2D eigenvalue weighted by molar-refractivity contribution is -0.132. The van der Waals surface area contributed by atoms with Crippen LogP contribution in [0.2, 0.25) is 0 Å². The molecule has 0 saturated heterocycles. The van der Waals surface area contributed by atoms with E-state index in [4.69, 9.17) is 0 Å². The summed E-state index contributed by atoms with van der Waals surface area (Å²) in [4.78, 5) is 26.7. The van der Waals surface area contributed by atoms with Gasteiger partial charge in [0.2, 0.25) is 12.3 Å². The highest BCUT2D eigenvalue weighted by Crippen LogP contribution is 2.28. The molecule has 2 atom stereocenters. The van der Waals surface area contributed by atoms with Crippen LogP contribution in [-0.4, -0.2) is 57.9 Å². The van der Waals surface area contributed by atoms with Gasteiger partial charge in [0, 0.05) is 37.6 Å². The summed E-state index contributed by atoms with van der Waals surface area (Å²) in [5.74, 6) is 0.0190. The van der Waals surface area contributed by atoms with Gasteiger partial charge in [0.05, 0.1) is 11.4 Å². The Kier molecular flexibility index (Phi) is 7.92. The molecule has 0 saturated carbocycles. The van der Waals surface area contributed by atoms with E-state index in [1.165, 1.54) is 4.68 Å². The number of fused-ring (bicyclic) bond motifs is 1. The molecule has 2 rings (SSSR count). The van der Waals surface area contributed by atoms with Crippen LogP contribution in [0, 0.1) is 0 Å². The van der Waals surface area contributed by atoms with Crippen LogP contribution in [-0.2, 0) is 22.4 Å². The zero-order valence-electron chi connectivity index (χ0n) is 18.8. The number of aryl methyl sites for hydroxylation is 1. The van der Waals surface area contributed by atoms with Crippen molar-refractivity contribution in [2.75, 3.05) is 7.05 Å². The van der Waals surface area contributed by atoms with Crippen molar-refractivity contribution < 1.29 is 9.59 Å². The maximum Gasteiger partial charge on any atom is 0.250 e. The standard InChI is InChI=1S/C23H33N5O2/c1-8-10-22(26(7)24-6)17(4)18(5)23(30)28(16(3)9-2)20-11-12-21-19(13-20)14-27(15-29)25-21/h8,10,14-16,20H,1,6,9,11-13H2,2-5,7H3/b18-17+,22-10+. The number of hydrazone groups is 1. The molecule has 7 nitrogen and oxygen atoms in total. The Balaban J connectivity index is 2.40. The molecule has 1 aliphatic rings. The van der Waals surface area contributed by atoms with Crippen LogP contribution >= 0.6 is 0 Å². The second kappa shape index (κ2) is 10.2. The van der Waals surface area contributed by atoms with E-state index in [1.54, 1.807) is 24.3 Å². The molecule has 0 spiro atoms. The molecule has 0 radical (unpaired) electrons. The van der Waals surface area contributed by atoms with Gasteiger partial charge in [-0.3, -0.25) is 14.6 Å². The van der Waals surface area contributed by atoms with Gasteiger partial charge in [-0.05, 0) is 63.7 Å². The number of likely N-dealkylation sites (N-methyl/N-ethyl adjacent to an activating group) is 1. The summed E-state index contributed by atoms with van der Waals surface area (Å²) >= 11 is 0. The largest absolute Gasteiger partial charge is 0.333 e. The van der Waals surface area contributed by atoms with Gasteiger partial charge in [0.15, 0.2) is 0 Å². The minimum absolute atomic E-state index is 0.0190. The van der Waals surface area contributed by atoms with Crippen molar-refractivity contribution in [1.29, 1.82) is 0 Å². The molecular weight excluding hydrogens is 378 g/mol. The number of hydrogen-bond donors (Lipinski definition) is 0. The first-order valence-corrected chi connectivity index (χ1v) is 10.3. The van der Waals surface area contributed by atoms with Gasteiger partial charge < -0.3 is 4.90 Å². The first-order valence-electron chi connectivity index (χ1n) is 10.3. The third-order valence-electron chi connectivity index (χ3n) is 5.97. The number of carbonyl (C=O) groups is 2. The van der Waals surface area contributed by atoms with Crippen LogP contribution in [0.1, 0.15) is 51.8 Å². The summed E-state index contributed by atoms with van der Waals surface area (Å²) in [6.45, 7) is 15.3. The highest BCUT2D eigenvalue weighted by molar-refractivity contribution is 5.94. The maximum absolute atomic E-state index is 13.7. The molecular formula is C23H33N5O2. The zero-order valence-corrected chi connectivity index (χ0v) is 18.8. The lowest BCUT2D eigenvalue weighted by Crippen LogP contribution is -2.48. The van der Waals surface area contributed by atoms with Gasteiger partial charge in [-0.15, -0.1) is 0 Å². The summed E-state index contributed by atoms with van der Waals surface area (Å²) < 4.78 is 1.32. The minimum atomic E-state index is 0.0190. The van der Waals surface area contributed by atoms with Gasteiger partial charge in [-0.1, -0.05) is 19.6 Å². The first-order chi connectivity index (χ1) is 14.3. The second-order valence-corrected chi connectivity index (χ2v) is 7.76. The Labute approximate surface area is 179 Å². The van der Waals surface area contributed by atoms with E-state index in [-0.39, 0.29) is 18.0 Å². The summed E-state index contributed by atoms with van der Waals surface area (Å²) in [5, 5.41) is 9.91. The number of amides is 1. The Morgan fingerprint density at radius 2 is 2.13 bits per heavy atom. The van der Waals surface area contributed by atoms with Crippen molar-refractivity contribution >= 4 is 19.0 Å². The van der Waals surface area contributed by atoms with Gasteiger partial charge in [-0.25, -0.2) is 4.68 Å². The fourth-order valence-corrected chi connectivity index (χ4v) is 3.93. The van der Waals surface area contributed by atoms with E-state index in [2.05, 4.69) is 37.3 Å². The van der Waals surface area contributed by atoms with Crippen molar-refractivity contribution in [3.63, 3.8) is 0 Å². The average molecular weight is 412 g/mol. The summed E-state index contributed by atoms with van der Waals surface area (Å²) in [6.07, 6.45) is 9.14. The SMILES string of the molecule is C=C/C=C(\C(C)=C(/C)C(=O)N(C(C)CC)C1CCc2nn(C=O)cc2C1)N(C)N=C. The van der Waals surface area contributed by atoms with E-state index >= 15 is 0 Å². The van der Waals surface area contributed by atoms with Crippen molar-refractivity contribution in [3.8, 4) is 0 Å². The Bertz CT molecular complexity index is 880. The third-order valence-corrected chi connectivity index (χ3v) is 5.97. The van der Waals surface area contributed by atoms with Crippen LogP contribution in [0.4, 0.5) is 0 Å². The molecule has 0 bridgehead atoms. The number of nitrogens with zero attached hydrogens (tertiary/aromatic N) is 5. The monoisotopic (exact) mass is 411 g/mol. The normalized spacial score (nSPS) is 18.0. The molecule has 1 amide bonds. The molecule has 0 aliphatic heterocycles. The molecule has 7 heteroatoms. The fourth-order valence-electron chi connectivity index (χ4n) is 3.93. The first kappa shape index (κ1) is 23.3.